The van der Waals surface area contributed by atoms with Gasteiger partial charge >= 0.3 is 0 Å². The van der Waals surface area contributed by atoms with E-state index in [-0.39, 0.29) is 0 Å². The number of aromatic nitrogens is 2. The number of hydrogen-bond donors (Lipinski definition) is 1. The van der Waals surface area contributed by atoms with Crippen LogP contribution < -0.4 is 10.6 Å². The molecule has 16 heavy (non-hydrogen) atoms. The summed E-state index contributed by atoms with van der Waals surface area (Å²) in [6, 6.07) is 2.31. The number of piperazine rings is 1. The van der Waals surface area contributed by atoms with Crippen LogP contribution in [0.5, 0.6) is 0 Å². The molecule has 1 aromatic heterocycles. The van der Waals surface area contributed by atoms with Crippen LogP contribution in [0.4, 0.5) is 5.95 Å². The van der Waals surface area contributed by atoms with Crippen molar-refractivity contribution >= 4 is 5.95 Å². The molecule has 0 aliphatic carbocycles. The average molecular weight is 221 g/mol. The van der Waals surface area contributed by atoms with Crippen LogP contribution in [-0.2, 0) is 0 Å². The molecule has 2 N–H and O–H groups in total. The molecule has 1 aromatic rings. The monoisotopic (exact) mass is 221 g/mol. The Morgan fingerprint density at radius 3 is 2.44 bits per heavy atom. The summed E-state index contributed by atoms with van der Waals surface area (Å²) in [5.41, 5.74) is 5.67. The zero-order valence-electron chi connectivity index (χ0n) is 9.71. The summed E-state index contributed by atoms with van der Waals surface area (Å²) in [4.78, 5) is 13.2. The average Bonchev–Trinajstić information content (AvgIpc) is 2.39. The summed E-state index contributed by atoms with van der Waals surface area (Å²) in [6.07, 6.45) is 3.58. The van der Waals surface area contributed by atoms with Crippen LogP contribution >= 0.6 is 0 Å². The van der Waals surface area contributed by atoms with Crippen LogP contribution in [0.1, 0.15) is 6.92 Å². The van der Waals surface area contributed by atoms with Gasteiger partial charge in [-0.1, -0.05) is 0 Å². The van der Waals surface area contributed by atoms with Crippen molar-refractivity contribution in [3.05, 3.63) is 18.5 Å². The highest BCUT2D eigenvalue weighted by Gasteiger charge is 2.21. The van der Waals surface area contributed by atoms with Gasteiger partial charge in [0, 0.05) is 51.2 Å². The minimum atomic E-state index is 0.471. The maximum Gasteiger partial charge on any atom is 0.225 e. The molecule has 0 bridgehead atoms. The van der Waals surface area contributed by atoms with E-state index in [1.807, 2.05) is 6.07 Å². The Kier molecular flexibility index (Phi) is 3.69. The molecular formula is C11H19N5. The molecule has 1 fully saturated rings. The first kappa shape index (κ1) is 11.3. The van der Waals surface area contributed by atoms with Crippen molar-refractivity contribution in [3.8, 4) is 0 Å². The van der Waals surface area contributed by atoms with Gasteiger partial charge in [0.2, 0.25) is 5.95 Å². The fraction of sp³-hybridized carbons (Fsp3) is 0.636. The van der Waals surface area contributed by atoms with E-state index < -0.39 is 0 Å². The standard InChI is InChI=1S/C11H19N5/c1-10(9-12)15-5-7-16(8-6-15)11-13-3-2-4-14-11/h2-4,10H,5-9,12H2,1H3. The van der Waals surface area contributed by atoms with E-state index in [0.717, 1.165) is 38.7 Å². The Morgan fingerprint density at radius 1 is 1.25 bits per heavy atom. The highest BCUT2D eigenvalue weighted by atomic mass is 15.3. The number of nitrogens with zero attached hydrogens (tertiary/aromatic N) is 4. The van der Waals surface area contributed by atoms with Crippen molar-refractivity contribution in [1.29, 1.82) is 0 Å². The summed E-state index contributed by atoms with van der Waals surface area (Å²) in [5.74, 6) is 0.836. The Bertz CT molecular complexity index is 307. The second-order valence-corrected chi connectivity index (χ2v) is 4.16. The molecule has 0 spiro atoms. The molecule has 2 heterocycles. The number of nitrogens with two attached hydrogens (primary N) is 1. The number of hydrogen-bond acceptors (Lipinski definition) is 5. The molecule has 0 aromatic carbocycles. The van der Waals surface area contributed by atoms with Crippen LogP contribution in [0.2, 0.25) is 0 Å². The third-order valence-electron chi connectivity index (χ3n) is 3.11. The summed E-state index contributed by atoms with van der Waals surface area (Å²) in [5, 5.41) is 0. The topological polar surface area (TPSA) is 58.3 Å². The molecule has 1 aliphatic heterocycles. The zero-order valence-corrected chi connectivity index (χ0v) is 9.71. The van der Waals surface area contributed by atoms with Gasteiger partial charge < -0.3 is 10.6 Å². The first-order valence-corrected chi connectivity index (χ1v) is 5.77. The van der Waals surface area contributed by atoms with E-state index in [9.17, 15) is 0 Å². The van der Waals surface area contributed by atoms with Gasteiger partial charge in [-0.2, -0.15) is 0 Å². The molecule has 5 nitrogen and oxygen atoms in total. The molecule has 1 saturated heterocycles. The quantitative estimate of drug-likeness (QED) is 0.775. The Labute approximate surface area is 96.3 Å². The van der Waals surface area contributed by atoms with Gasteiger partial charge in [0.1, 0.15) is 0 Å². The highest BCUT2D eigenvalue weighted by Crippen LogP contribution is 2.10. The van der Waals surface area contributed by atoms with Crippen LogP contribution in [0.25, 0.3) is 0 Å². The minimum Gasteiger partial charge on any atom is -0.338 e. The summed E-state index contributed by atoms with van der Waals surface area (Å²) >= 11 is 0. The van der Waals surface area contributed by atoms with Crippen molar-refractivity contribution in [1.82, 2.24) is 14.9 Å². The van der Waals surface area contributed by atoms with Gasteiger partial charge in [-0.25, -0.2) is 9.97 Å². The van der Waals surface area contributed by atoms with E-state index in [1.54, 1.807) is 12.4 Å². The van der Waals surface area contributed by atoms with Crippen LogP contribution in [0.15, 0.2) is 18.5 Å². The second-order valence-electron chi connectivity index (χ2n) is 4.16. The molecule has 88 valence electrons. The predicted molar refractivity (Wildman–Crippen MR) is 64.3 cm³/mol. The van der Waals surface area contributed by atoms with Crippen molar-refractivity contribution in [3.63, 3.8) is 0 Å². The SMILES string of the molecule is CC(CN)N1CCN(c2ncccn2)CC1. The van der Waals surface area contributed by atoms with Gasteiger partial charge in [-0.3, -0.25) is 4.90 Å². The lowest BCUT2D eigenvalue weighted by molar-refractivity contribution is 0.200. The molecule has 1 unspecified atom stereocenters. The van der Waals surface area contributed by atoms with Gasteiger partial charge in [0.25, 0.3) is 0 Å². The molecule has 0 saturated carbocycles. The largest absolute Gasteiger partial charge is 0.338 e. The highest BCUT2D eigenvalue weighted by molar-refractivity contribution is 5.29. The van der Waals surface area contributed by atoms with Crippen molar-refractivity contribution in [2.24, 2.45) is 5.73 Å². The molecule has 1 atom stereocenters. The second kappa shape index (κ2) is 5.23. The number of anilines is 1. The molecule has 1 aliphatic rings. The lowest BCUT2D eigenvalue weighted by Gasteiger charge is -2.37. The van der Waals surface area contributed by atoms with Gasteiger partial charge in [-0.05, 0) is 13.0 Å². The van der Waals surface area contributed by atoms with Crippen LogP contribution in [0, 0.1) is 0 Å². The van der Waals surface area contributed by atoms with Crippen LogP contribution in [0.3, 0.4) is 0 Å². The lowest BCUT2D eigenvalue weighted by Crippen LogP contribution is -2.51. The minimum absolute atomic E-state index is 0.471. The van der Waals surface area contributed by atoms with Gasteiger partial charge in [0.15, 0.2) is 0 Å². The fourth-order valence-corrected chi connectivity index (χ4v) is 1.97. The molecule has 0 radical (unpaired) electrons. The van der Waals surface area contributed by atoms with Gasteiger partial charge in [-0.15, -0.1) is 0 Å². The smallest absolute Gasteiger partial charge is 0.225 e. The van der Waals surface area contributed by atoms with E-state index in [4.69, 9.17) is 5.73 Å². The molecule has 0 amide bonds. The Hall–Kier alpha value is -1.20. The summed E-state index contributed by atoms with van der Waals surface area (Å²) in [6.45, 7) is 6.94. The first-order valence-electron chi connectivity index (χ1n) is 5.77. The molecular weight excluding hydrogens is 202 g/mol. The van der Waals surface area contributed by atoms with Crippen molar-refractivity contribution < 1.29 is 0 Å². The zero-order chi connectivity index (χ0) is 11.4. The number of rotatable bonds is 3. The van der Waals surface area contributed by atoms with E-state index >= 15 is 0 Å². The normalized spacial score (nSPS) is 19.8. The lowest BCUT2D eigenvalue weighted by atomic mass is 10.2. The first-order chi connectivity index (χ1) is 7.81. The van der Waals surface area contributed by atoms with Gasteiger partial charge in [0.05, 0.1) is 0 Å². The Morgan fingerprint density at radius 2 is 1.88 bits per heavy atom. The van der Waals surface area contributed by atoms with E-state index in [2.05, 4.69) is 26.7 Å². The maximum absolute atomic E-state index is 5.67. The van der Waals surface area contributed by atoms with Crippen LogP contribution in [-0.4, -0.2) is 53.6 Å². The summed E-state index contributed by atoms with van der Waals surface area (Å²) in [7, 11) is 0. The molecule has 2 rings (SSSR count). The summed E-state index contributed by atoms with van der Waals surface area (Å²) < 4.78 is 0. The Balaban J connectivity index is 1.91. The predicted octanol–water partition coefficient (Wildman–Crippen LogP) is -0.0542. The van der Waals surface area contributed by atoms with E-state index in [0.29, 0.717) is 6.04 Å². The van der Waals surface area contributed by atoms with E-state index in [1.165, 1.54) is 0 Å². The third-order valence-corrected chi connectivity index (χ3v) is 3.11. The maximum atomic E-state index is 5.67. The van der Waals surface area contributed by atoms with Crippen molar-refractivity contribution in [2.75, 3.05) is 37.6 Å². The third kappa shape index (κ3) is 2.48. The molecule has 5 heteroatoms. The fourth-order valence-electron chi connectivity index (χ4n) is 1.97. The van der Waals surface area contributed by atoms with Crippen molar-refractivity contribution in [2.45, 2.75) is 13.0 Å².